The van der Waals surface area contributed by atoms with E-state index in [1.807, 2.05) is 43.8 Å². The maximum absolute atomic E-state index is 12.3. The van der Waals surface area contributed by atoms with Gasteiger partial charge in [0.1, 0.15) is 0 Å². The van der Waals surface area contributed by atoms with E-state index in [4.69, 9.17) is 0 Å². The summed E-state index contributed by atoms with van der Waals surface area (Å²) in [6.07, 6.45) is 0.970. The molecule has 1 atom stereocenters. The Labute approximate surface area is 144 Å². The molecule has 1 aliphatic heterocycles. The maximum atomic E-state index is 12.3. The van der Waals surface area contributed by atoms with Crippen LogP contribution in [0.4, 0.5) is 0 Å². The lowest BCUT2D eigenvalue weighted by Gasteiger charge is -2.25. The number of thioether (sulfide) groups is 2. The highest BCUT2D eigenvalue weighted by Crippen LogP contribution is 2.35. The van der Waals surface area contributed by atoms with E-state index in [9.17, 15) is 4.79 Å². The van der Waals surface area contributed by atoms with E-state index in [1.165, 1.54) is 22.2 Å². The van der Waals surface area contributed by atoms with Crippen molar-refractivity contribution in [3.8, 4) is 0 Å². The number of nitrogens with one attached hydrogen (secondary N) is 1. The second-order valence-electron chi connectivity index (χ2n) is 5.52. The van der Waals surface area contributed by atoms with Gasteiger partial charge in [-0.15, -0.1) is 11.8 Å². The lowest BCUT2D eigenvalue weighted by atomic mass is 10.0. The normalized spacial score (nSPS) is 16.7. The van der Waals surface area contributed by atoms with E-state index in [2.05, 4.69) is 27.4 Å². The van der Waals surface area contributed by atoms with Gasteiger partial charge in [-0.25, -0.2) is 9.97 Å². The van der Waals surface area contributed by atoms with Gasteiger partial charge in [-0.05, 0) is 38.0 Å². The van der Waals surface area contributed by atoms with Crippen LogP contribution in [-0.2, 0) is 4.79 Å². The molecule has 6 heteroatoms. The van der Waals surface area contributed by atoms with Crippen molar-refractivity contribution in [2.24, 2.45) is 0 Å². The van der Waals surface area contributed by atoms with E-state index >= 15 is 0 Å². The Kier molecular flexibility index (Phi) is 5.23. The van der Waals surface area contributed by atoms with E-state index < -0.39 is 0 Å². The summed E-state index contributed by atoms with van der Waals surface area (Å²) in [5.74, 6) is 1.41. The fourth-order valence-electron chi connectivity index (χ4n) is 2.62. The molecule has 0 unspecified atom stereocenters. The summed E-state index contributed by atoms with van der Waals surface area (Å²) in [4.78, 5) is 22.3. The van der Waals surface area contributed by atoms with E-state index in [0.29, 0.717) is 10.9 Å². The molecule has 1 aromatic carbocycles. The fraction of sp³-hybridized carbons (Fsp3) is 0.353. The van der Waals surface area contributed by atoms with Crippen LogP contribution in [0.3, 0.4) is 0 Å². The Hall–Kier alpha value is -1.53. The van der Waals surface area contributed by atoms with Gasteiger partial charge >= 0.3 is 0 Å². The summed E-state index contributed by atoms with van der Waals surface area (Å²) in [6.45, 7) is 3.88. The molecule has 1 aromatic heterocycles. The Morgan fingerprint density at radius 3 is 2.83 bits per heavy atom. The van der Waals surface area contributed by atoms with Crippen molar-refractivity contribution < 1.29 is 4.79 Å². The zero-order valence-corrected chi connectivity index (χ0v) is 14.8. The molecule has 1 amide bonds. The number of amides is 1. The van der Waals surface area contributed by atoms with Crippen LogP contribution < -0.4 is 5.32 Å². The minimum absolute atomic E-state index is 0.0319. The zero-order valence-electron chi connectivity index (χ0n) is 13.2. The summed E-state index contributed by atoms with van der Waals surface area (Å²) < 4.78 is 0. The topological polar surface area (TPSA) is 54.9 Å². The third kappa shape index (κ3) is 4.26. The summed E-state index contributed by atoms with van der Waals surface area (Å²) >= 11 is 3.24. The van der Waals surface area contributed by atoms with Gasteiger partial charge in [0.15, 0.2) is 5.16 Å². The number of rotatable bonds is 4. The summed E-state index contributed by atoms with van der Waals surface area (Å²) in [5, 5.41) is 3.81. The second-order valence-corrected chi connectivity index (χ2v) is 7.60. The van der Waals surface area contributed by atoms with Gasteiger partial charge < -0.3 is 5.32 Å². The van der Waals surface area contributed by atoms with Crippen molar-refractivity contribution in [2.75, 3.05) is 11.5 Å². The molecule has 23 heavy (non-hydrogen) atoms. The molecule has 3 rings (SSSR count). The Morgan fingerprint density at radius 1 is 1.30 bits per heavy atom. The average molecular weight is 345 g/mol. The number of nitrogens with zero attached hydrogens (tertiary/aromatic N) is 2. The number of fused-ring (bicyclic) bond motifs is 1. The largest absolute Gasteiger partial charge is 0.348 e. The van der Waals surface area contributed by atoms with Crippen LogP contribution in [0.15, 0.2) is 40.4 Å². The zero-order chi connectivity index (χ0) is 16.2. The first-order chi connectivity index (χ1) is 11.1. The van der Waals surface area contributed by atoms with Crippen LogP contribution >= 0.6 is 23.5 Å². The average Bonchev–Trinajstić information content (AvgIpc) is 2.52. The van der Waals surface area contributed by atoms with Crippen LogP contribution in [0.1, 0.15) is 29.4 Å². The molecule has 0 bridgehead atoms. The minimum atomic E-state index is 0.0319. The van der Waals surface area contributed by atoms with Gasteiger partial charge in [0.25, 0.3) is 0 Å². The highest BCUT2D eigenvalue weighted by molar-refractivity contribution is 7.99. The Bertz CT molecular complexity index is 700. The van der Waals surface area contributed by atoms with Crippen LogP contribution in [0.25, 0.3) is 0 Å². The third-order valence-corrected chi connectivity index (χ3v) is 5.56. The number of benzene rings is 1. The van der Waals surface area contributed by atoms with Crippen molar-refractivity contribution >= 4 is 29.4 Å². The maximum Gasteiger partial charge on any atom is 0.230 e. The summed E-state index contributed by atoms with van der Waals surface area (Å²) in [5.41, 5.74) is 3.09. The molecular formula is C17H19N3OS2. The van der Waals surface area contributed by atoms with Gasteiger partial charge in [0.2, 0.25) is 5.91 Å². The van der Waals surface area contributed by atoms with Crippen LogP contribution in [0.5, 0.6) is 0 Å². The quantitative estimate of drug-likeness (QED) is 0.678. The molecule has 2 aromatic rings. The molecule has 0 aliphatic carbocycles. The number of aromatic nitrogens is 2. The molecule has 0 saturated carbocycles. The second kappa shape index (κ2) is 7.36. The monoisotopic (exact) mass is 345 g/mol. The van der Waals surface area contributed by atoms with Crippen molar-refractivity contribution in [2.45, 2.75) is 36.4 Å². The smallest absolute Gasteiger partial charge is 0.230 e. The number of hydrogen-bond acceptors (Lipinski definition) is 5. The molecule has 0 radical (unpaired) electrons. The highest BCUT2D eigenvalue weighted by atomic mass is 32.2. The van der Waals surface area contributed by atoms with Gasteiger partial charge in [0.05, 0.1) is 11.8 Å². The van der Waals surface area contributed by atoms with Crippen LogP contribution in [0, 0.1) is 13.8 Å². The number of carbonyl (C=O) groups excluding carboxylic acids is 1. The van der Waals surface area contributed by atoms with Gasteiger partial charge in [-0.3, -0.25) is 4.79 Å². The predicted molar refractivity (Wildman–Crippen MR) is 94.9 cm³/mol. The van der Waals surface area contributed by atoms with Crippen LogP contribution in [0.2, 0.25) is 0 Å². The molecule has 0 saturated heterocycles. The highest BCUT2D eigenvalue weighted by Gasteiger charge is 2.21. The Morgan fingerprint density at radius 2 is 2.04 bits per heavy atom. The molecule has 1 aliphatic rings. The fourth-order valence-corrected chi connectivity index (χ4v) is 4.50. The van der Waals surface area contributed by atoms with Gasteiger partial charge in [-0.1, -0.05) is 30.0 Å². The van der Waals surface area contributed by atoms with Crippen LogP contribution in [-0.4, -0.2) is 27.4 Å². The molecule has 0 spiro atoms. The molecule has 2 heterocycles. The summed E-state index contributed by atoms with van der Waals surface area (Å²) in [6, 6.07) is 10.3. The minimum Gasteiger partial charge on any atom is -0.348 e. The molecule has 1 N–H and O–H groups in total. The Balaban J connectivity index is 1.60. The van der Waals surface area contributed by atoms with E-state index in [0.717, 1.165) is 23.6 Å². The third-order valence-electron chi connectivity index (χ3n) is 3.59. The number of aryl methyl sites for hydroxylation is 2. The number of carbonyl (C=O) groups is 1. The molecular weight excluding hydrogens is 326 g/mol. The van der Waals surface area contributed by atoms with Gasteiger partial charge in [0, 0.05) is 22.0 Å². The predicted octanol–water partition coefficient (Wildman–Crippen LogP) is 3.54. The first-order valence-electron chi connectivity index (χ1n) is 7.58. The van der Waals surface area contributed by atoms with Crippen molar-refractivity contribution in [1.29, 1.82) is 0 Å². The van der Waals surface area contributed by atoms with E-state index in [-0.39, 0.29) is 11.9 Å². The summed E-state index contributed by atoms with van der Waals surface area (Å²) in [7, 11) is 0. The van der Waals surface area contributed by atoms with Crippen molar-refractivity contribution in [1.82, 2.24) is 15.3 Å². The van der Waals surface area contributed by atoms with Crippen molar-refractivity contribution in [3.05, 3.63) is 47.3 Å². The van der Waals surface area contributed by atoms with Crippen molar-refractivity contribution in [3.63, 3.8) is 0 Å². The standard InChI is InChI=1S/C17H19N3OS2/c1-11-9-12(2)19-17(18-11)23-10-16(21)20-14-7-8-22-15-6-4-3-5-13(14)15/h3-6,9,14H,7-8,10H2,1-2H3,(H,20,21)/t14-/m1/s1. The van der Waals surface area contributed by atoms with Gasteiger partial charge in [-0.2, -0.15) is 0 Å². The SMILES string of the molecule is Cc1cc(C)nc(SCC(=O)N[C@@H]2CCSc3ccccc32)n1. The number of hydrogen-bond donors (Lipinski definition) is 1. The lowest BCUT2D eigenvalue weighted by molar-refractivity contribution is -0.119. The molecule has 0 fully saturated rings. The first-order valence-corrected chi connectivity index (χ1v) is 9.55. The first kappa shape index (κ1) is 16.3. The molecule has 120 valence electrons. The lowest BCUT2D eigenvalue weighted by Crippen LogP contribution is -2.31. The van der Waals surface area contributed by atoms with E-state index in [1.54, 1.807) is 0 Å². The molecule has 4 nitrogen and oxygen atoms in total.